The van der Waals surface area contributed by atoms with Crippen LogP contribution in [-0.2, 0) is 0 Å². The highest BCUT2D eigenvalue weighted by atomic mass is 19.4. The smallest absolute Gasteiger partial charge is 0.182 e. The quantitative estimate of drug-likeness (QED) is 0.539. The fourth-order valence-corrected chi connectivity index (χ4v) is 0.827. The van der Waals surface area contributed by atoms with Crippen LogP contribution in [0.25, 0.3) is 0 Å². The van der Waals surface area contributed by atoms with Gasteiger partial charge >= 0.3 is 6.08 Å². The molecule has 1 aromatic carbocycles. The molecule has 4 heteroatoms. The average molecular weight is 158 g/mol. The third-order valence-electron chi connectivity index (χ3n) is 1.25. The summed E-state index contributed by atoms with van der Waals surface area (Å²) in [6.07, 6.45) is -4.10. The van der Waals surface area contributed by atoms with Gasteiger partial charge in [-0.2, -0.15) is 13.2 Å². The zero-order valence-electron chi connectivity index (χ0n) is 5.73. The molecule has 0 saturated carbocycles. The van der Waals surface area contributed by atoms with Gasteiger partial charge in [-0.25, -0.2) is 0 Å². The SMILES string of the molecule is FC(F)(F)Bc1ccccc1. The van der Waals surface area contributed by atoms with E-state index >= 15 is 0 Å². The van der Waals surface area contributed by atoms with E-state index in [1.807, 2.05) is 0 Å². The number of hydrogen-bond acceptors (Lipinski definition) is 0. The molecule has 0 saturated heterocycles. The van der Waals surface area contributed by atoms with Crippen LogP contribution in [0, 0.1) is 0 Å². The first-order valence-electron chi connectivity index (χ1n) is 3.18. The van der Waals surface area contributed by atoms with E-state index in [-0.39, 0.29) is 0 Å². The molecule has 0 amide bonds. The van der Waals surface area contributed by atoms with E-state index < -0.39 is 13.4 Å². The Morgan fingerprint density at radius 3 is 2.00 bits per heavy atom. The fraction of sp³-hybridized carbons (Fsp3) is 0.143. The van der Waals surface area contributed by atoms with Crippen molar-refractivity contribution in [3.63, 3.8) is 0 Å². The summed E-state index contributed by atoms with van der Waals surface area (Å²) < 4.78 is 35.2. The number of alkyl halides is 3. The number of rotatable bonds is 1. The molecule has 0 aliphatic carbocycles. The standard InChI is InChI=1S/C7H6BF3/c9-7(10,11)8-6-4-2-1-3-5-6/h1-5,8H. The van der Waals surface area contributed by atoms with E-state index in [0.29, 0.717) is 5.46 Å². The Hall–Kier alpha value is -0.925. The summed E-state index contributed by atoms with van der Waals surface area (Å²) in [5.74, 6) is 0. The molecule has 0 fully saturated rings. The Morgan fingerprint density at radius 2 is 1.55 bits per heavy atom. The summed E-state index contributed by atoms with van der Waals surface area (Å²) in [7, 11) is -0.839. The van der Waals surface area contributed by atoms with Gasteiger partial charge < -0.3 is 0 Å². The molecule has 0 N–H and O–H groups in total. The predicted octanol–water partition coefficient (Wildman–Crippen LogP) is 1.27. The third kappa shape index (κ3) is 3.12. The van der Waals surface area contributed by atoms with E-state index in [9.17, 15) is 13.2 Å². The minimum Gasteiger partial charge on any atom is -0.182 e. The maximum Gasteiger partial charge on any atom is 0.347 e. The van der Waals surface area contributed by atoms with Crippen molar-refractivity contribution >= 4 is 12.7 Å². The minimum absolute atomic E-state index is 0.306. The lowest BCUT2D eigenvalue weighted by Gasteiger charge is -2.02. The van der Waals surface area contributed by atoms with Gasteiger partial charge in [0.15, 0.2) is 0 Å². The van der Waals surface area contributed by atoms with Crippen LogP contribution in [-0.4, -0.2) is 13.4 Å². The normalized spacial score (nSPS) is 11.2. The van der Waals surface area contributed by atoms with Gasteiger partial charge in [-0.15, -0.1) is 0 Å². The first-order valence-corrected chi connectivity index (χ1v) is 3.18. The molecular formula is C7H6BF3. The van der Waals surface area contributed by atoms with Crippen molar-refractivity contribution in [3.8, 4) is 0 Å². The Kier molecular flexibility index (Phi) is 2.22. The molecule has 0 unspecified atom stereocenters. The first kappa shape index (κ1) is 8.17. The van der Waals surface area contributed by atoms with Gasteiger partial charge in [0.05, 0.1) is 0 Å². The van der Waals surface area contributed by atoms with Crippen molar-refractivity contribution in [3.05, 3.63) is 30.3 Å². The van der Waals surface area contributed by atoms with Crippen LogP contribution in [0.15, 0.2) is 30.3 Å². The zero-order valence-corrected chi connectivity index (χ0v) is 5.73. The molecule has 0 aromatic heterocycles. The molecule has 0 heterocycles. The third-order valence-corrected chi connectivity index (χ3v) is 1.25. The summed E-state index contributed by atoms with van der Waals surface area (Å²) in [4.78, 5) is 0. The molecule has 0 aliphatic rings. The van der Waals surface area contributed by atoms with Crippen LogP contribution in [0.3, 0.4) is 0 Å². The summed E-state index contributed by atoms with van der Waals surface area (Å²) in [5.41, 5.74) is 0.306. The van der Waals surface area contributed by atoms with Crippen molar-refractivity contribution in [2.45, 2.75) is 6.08 Å². The molecular weight excluding hydrogens is 152 g/mol. The van der Waals surface area contributed by atoms with Gasteiger partial charge in [-0.3, -0.25) is 0 Å². The predicted molar refractivity (Wildman–Crippen MR) is 39.3 cm³/mol. The number of hydrogen-bond donors (Lipinski definition) is 0. The molecule has 0 bridgehead atoms. The van der Waals surface area contributed by atoms with Crippen molar-refractivity contribution in [1.29, 1.82) is 0 Å². The van der Waals surface area contributed by atoms with Gasteiger partial charge in [-0.1, -0.05) is 35.8 Å². The Balaban J connectivity index is 2.66. The molecule has 0 nitrogen and oxygen atoms in total. The molecule has 11 heavy (non-hydrogen) atoms. The molecule has 1 rings (SSSR count). The topological polar surface area (TPSA) is 0 Å². The summed E-state index contributed by atoms with van der Waals surface area (Å²) in [5, 5.41) is 0. The lowest BCUT2D eigenvalue weighted by molar-refractivity contribution is -0.0455. The van der Waals surface area contributed by atoms with Gasteiger partial charge in [0.2, 0.25) is 0 Å². The second-order valence-corrected chi connectivity index (χ2v) is 2.28. The molecule has 0 spiro atoms. The molecule has 58 valence electrons. The van der Waals surface area contributed by atoms with Gasteiger partial charge in [0.25, 0.3) is 7.28 Å². The largest absolute Gasteiger partial charge is 0.347 e. The van der Waals surface area contributed by atoms with Crippen molar-refractivity contribution < 1.29 is 13.2 Å². The van der Waals surface area contributed by atoms with Crippen LogP contribution < -0.4 is 5.46 Å². The van der Waals surface area contributed by atoms with Crippen molar-refractivity contribution in [1.82, 2.24) is 0 Å². The van der Waals surface area contributed by atoms with Crippen molar-refractivity contribution in [2.24, 2.45) is 0 Å². The van der Waals surface area contributed by atoms with Crippen LogP contribution in [0.1, 0.15) is 0 Å². The van der Waals surface area contributed by atoms with Crippen LogP contribution in [0.5, 0.6) is 0 Å². The fourth-order valence-electron chi connectivity index (χ4n) is 0.827. The van der Waals surface area contributed by atoms with E-state index in [2.05, 4.69) is 0 Å². The van der Waals surface area contributed by atoms with Crippen LogP contribution in [0.2, 0.25) is 0 Å². The van der Waals surface area contributed by atoms with Gasteiger partial charge in [-0.05, 0) is 0 Å². The van der Waals surface area contributed by atoms with E-state index in [0.717, 1.165) is 0 Å². The van der Waals surface area contributed by atoms with E-state index in [1.54, 1.807) is 18.2 Å². The molecule has 0 radical (unpaired) electrons. The highest BCUT2D eigenvalue weighted by molar-refractivity contribution is 6.55. The highest BCUT2D eigenvalue weighted by Gasteiger charge is 2.28. The van der Waals surface area contributed by atoms with Gasteiger partial charge in [0, 0.05) is 0 Å². The van der Waals surface area contributed by atoms with Crippen LogP contribution in [0.4, 0.5) is 13.2 Å². The van der Waals surface area contributed by atoms with Gasteiger partial charge in [0.1, 0.15) is 0 Å². The second-order valence-electron chi connectivity index (χ2n) is 2.28. The van der Waals surface area contributed by atoms with Crippen LogP contribution >= 0.6 is 0 Å². The number of halogens is 3. The minimum atomic E-state index is -4.10. The monoisotopic (exact) mass is 158 g/mol. The molecule has 1 aromatic rings. The summed E-state index contributed by atoms with van der Waals surface area (Å²) in [6, 6.07) is 7.82. The average Bonchev–Trinajstić information content (AvgIpc) is 1.85. The van der Waals surface area contributed by atoms with E-state index in [1.165, 1.54) is 12.1 Å². The highest BCUT2D eigenvalue weighted by Crippen LogP contribution is 2.11. The van der Waals surface area contributed by atoms with Crippen molar-refractivity contribution in [2.75, 3.05) is 0 Å². The zero-order chi connectivity index (χ0) is 8.32. The maximum absolute atomic E-state index is 11.7. The molecule has 0 aliphatic heterocycles. The Morgan fingerprint density at radius 1 is 1.00 bits per heavy atom. The Bertz CT molecular complexity index is 217. The lowest BCUT2D eigenvalue weighted by Crippen LogP contribution is -2.29. The maximum atomic E-state index is 11.7. The number of benzene rings is 1. The second kappa shape index (κ2) is 2.99. The van der Waals surface area contributed by atoms with E-state index in [4.69, 9.17) is 0 Å². The summed E-state index contributed by atoms with van der Waals surface area (Å²) in [6.45, 7) is 0. The first-order chi connectivity index (χ1) is 5.08. The lowest BCUT2D eigenvalue weighted by atomic mass is 9.70. The molecule has 0 atom stereocenters. The summed E-state index contributed by atoms with van der Waals surface area (Å²) >= 11 is 0. The Labute approximate surface area is 63.3 Å².